The maximum atomic E-state index is 6.13. The number of benzene rings is 2. The van der Waals surface area contributed by atoms with E-state index < -0.39 is 0 Å². The van der Waals surface area contributed by atoms with Gasteiger partial charge < -0.3 is 11.5 Å². The van der Waals surface area contributed by atoms with Gasteiger partial charge in [0.25, 0.3) is 0 Å². The average Bonchev–Trinajstić information content (AvgIpc) is 2.31. The molecule has 3 aromatic rings. The van der Waals surface area contributed by atoms with Gasteiger partial charge in [0.15, 0.2) is 0 Å². The van der Waals surface area contributed by atoms with Gasteiger partial charge in [-0.1, -0.05) is 30.3 Å². The SMILES string of the molecule is Nc1c2ccccc2nc2c(N)cccc12. The lowest BCUT2D eigenvalue weighted by molar-refractivity contribution is 1.50. The number of hydrogen-bond donors (Lipinski definition) is 2. The summed E-state index contributed by atoms with van der Waals surface area (Å²) in [4.78, 5) is 4.53. The van der Waals surface area contributed by atoms with Crippen LogP contribution in [-0.4, -0.2) is 4.98 Å². The zero-order chi connectivity index (χ0) is 11.1. The molecule has 2 aromatic carbocycles. The van der Waals surface area contributed by atoms with E-state index in [1.54, 1.807) is 0 Å². The molecule has 0 amide bonds. The Morgan fingerprint density at radius 3 is 2.44 bits per heavy atom. The van der Waals surface area contributed by atoms with Crippen molar-refractivity contribution in [3.05, 3.63) is 42.5 Å². The number of nitrogens with zero attached hydrogens (tertiary/aromatic N) is 1. The Morgan fingerprint density at radius 1 is 0.812 bits per heavy atom. The molecular formula is C13H11N3. The molecule has 3 heteroatoms. The van der Waals surface area contributed by atoms with E-state index in [-0.39, 0.29) is 0 Å². The van der Waals surface area contributed by atoms with E-state index in [4.69, 9.17) is 11.5 Å². The third-order valence-electron chi connectivity index (χ3n) is 2.78. The molecule has 0 atom stereocenters. The van der Waals surface area contributed by atoms with Crippen LogP contribution >= 0.6 is 0 Å². The van der Waals surface area contributed by atoms with Crippen molar-refractivity contribution in [3.8, 4) is 0 Å². The van der Waals surface area contributed by atoms with Gasteiger partial charge in [-0.3, -0.25) is 0 Å². The summed E-state index contributed by atoms with van der Waals surface area (Å²) in [6, 6.07) is 13.5. The summed E-state index contributed by atoms with van der Waals surface area (Å²) in [5.41, 5.74) is 15.1. The zero-order valence-electron chi connectivity index (χ0n) is 8.64. The minimum atomic E-state index is 0.662. The first-order valence-electron chi connectivity index (χ1n) is 5.10. The summed E-state index contributed by atoms with van der Waals surface area (Å²) in [7, 11) is 0. The van der Waals surface area contributed by atoms with Gasteiger partial charge >= 0.3 is 0 Å². The molecule has 0 aliphatic rings. The highest BCUT2D eigenvalue weighted by Crippen LogP contribution is 2.30. The van der Waals surface area contributed by atoms with Crippen molar-refractivity contribution < 1.29 is 0 Å². The van der Waals surface area contributed by atoms with Gasteiger partial charge in [-0.2, -0.15) is 0 Å². The Hall–Kier alpha value is -2.29. The molecule has 78 valence electrons. The van der Waals surface area contributed by atoms with Gasteiger partial charge in [0.1, 0.15) is 0 Å². The van der Waals surface area contributed by atoms with Crippen molar-refractivity contribution >= 4 is 33.2 Å². The van der Waals surface area contributed by atoms with Crippen molar-refractivity contribution in [1.82, 2.24) is 4.98 Å². The van der Waals surface area contributed by atoms with Crippen LogP contribution < -0.4 is 11.5 Å². The van der Waals surface area contributed by atoms with Gasteiger partial charge in [0, 0.05) is 10.8 Å². The van der Waals surface area contributed by atoms with Crippen LogP contribution in [0.15, 0.2) is 42.5 Å². The Kier molecular flexibility index (Phi) is 1.74. The van der Waals surface area contributed by atoms with E-state index in [0.29, 0.717) is 5.69 Å². The molecule has 0 saturated heterocycles. The zero-order valence-corrected chi connectivity index (χ0v) is 8.64. The summed E-state index contributed by atoms with van der Waals surface area (Å²) in [6.07, 6.45) is 0. The molecule has 0 saturated carbocycles. The molecule has 0 spiro atoms. The number of nitrogen functional groups attached to an aromatic ring is 2. The molecule has 0 bridgehead atoms. The number of hydrogen-bond acceptors (Lipinski definition) is 3. The topological polar surface area (TPSA) is 64.9 Å². The summed E-state index contributed by atoms with van der Waals surface area (Å²) >= 11 is 0. The van der Waals surface area contributed by atoms with Crippen LogP contribution in [0, 0.1) is 0 Å². The van der Waals surface area contributed by atoms with Crippen molar-refractivity contribution in [1.29, 1.82) is 0 Å². The summed E-state index contributed by atoms with van der Waals surface area (Å²) in [5, 5.41) is 1.89. The molecule has 0 aliphatic heterocycles. The predicted octanol–water partition coefficient (Wildman–Crippen LogP) is 2.55. The van der Waals surface area contributed by atoms with E-state index in [1.807, 2.05) is 42.5 Å². The van der Waals surface area contributed by atoms with Crippen molar-refractivity contribution in [3.63, 3.8) is 0 Å². The first kappa shape index (κ1) is 8.97. The molecule has 16 heavy (non-hydrogen) atoms. The van der Waals surface area contributed by atoms with Gasteiger partial charge in [-0.15, -0.1) is 0 Å². The maximum absolute atomic E-state index is 6.13. The second kappa shape index (κ2) is 3.10. The van der Waals surface area contributed by atoms with E-state index in [9.17, 15) is 0 Å². The molecule has 3 rings (SSSR count). The molecule has 3 nitrogen and oxygen atoms in total. The number of aromatic nitrogens is 1. The van der Waals surface area contributed by atoms with Gasteiger partial charge in [-0.05, 0) is 12.1 Å². The fourth-order valence-corrected chi connectivity index (χ4v) is 1.97. The highest BCUT2D eigenvalue weighted by molar-refractivity contribution is 6.09. The van der Waals surface area contributed by atoms with E-state index in [0.717, 1.165) is 27.5 Å². The second-order valence-corrected chi connectivity index (χ2v) is 3.79. The van der Waals surface area contributed by atoms with Crippen LogP contribution in [0.4, 0.5) is 11.4 Å². The molecule has 4 N–H and O–H groups in total. The van der Waals surface area contributed by atoms with Crippen molar-refractivity contribution in [2.75, 3.05) is 11.5 Å². The number of fused-ring (bicyclic) bond motifs is 2. The summed E-state index contributed by atoms with van der Waals surface area (Å²) < 4.78 is 0. The van der Waals surface area contributed by atoms with Gasteiger partial charge in [-0.25, -0.2) is 4.98 Å². The first-order valence-corrected chi connectivity index (χ1v) is 5.10. The largest absolute Gasteiger partial charge is 0.398 e. The molecule has 0 radical (unpaired) electrons. The molecule has 1 aromatic heterocycles. The third kappa shape index (κ3) is 1.11. The Labute approximate surface area is 92.7 Å². The van der Waals surface area contributed by atoms with Crippen LogP contribution in [0.1, 0.15) is 0 Å². The number of anilines is 2. The molecular weight excluding hydrogens is 198 g/mol. The monoisotopic (exact) mass is 209 g/mol. The lowest BCUT2D eigenvalue weighted by Gasteiger charge is -2.07. The number of nitrogens with two attached hydrogens (primary N) is 2. The van der Waals surface area contributed by atoms with Crippen LogP contribution in [-0.2, 0) is 0 Å². The Morgan fingerprint density at radius 2 is 1.56 bits per heavy atom. The standard InChI is InChI=1S/C13H11N3/c14-10-6-3-5-9-12(15)8-4-1-2-7-11(8)16-13(9)10/h1-7H,14H2,(H2,15,16). The molecule has 1 heterocycles. The van der Waals surface area contributed by atoms with Crippen LogP contribution in [0.25, 0.3) is 21.8 Å². The molecule has 0 fully saturated rings. The lowest BCUT2D eigenvalue weighted by atomic mass is 10.1. The maximum Gasteiger partial charge on any atom is 0.0959 e. The summed E-state index contributed by atoms with van der Waals surface area (Å²) in [6.45, 7) is 0. The van der Waals surface area contributed by atoms with Crippen molar-refractivity contribution in [2.45, 2.75) is 0 Å². The Balaban J connectivity index is 2.61. The quantitative estimate of drug-likeness (QED) is 0.441. The van der Waals surface area contributed by atoms with Crippen molar-refractivity contribution in [2.24, 2.45) is 0 Å². The number of rotatable bonds is 0. The van der Waals surface area contributed by atoms with Gasteiger partial charge in [0.2, 0.25) is 0 Å². The highest BCUT2D eigenvalue weighted by Gasteiger charge is 2.06. The van der Waals surface area contributed by atoms with E-state index in [2.05, 4.69) is 4.98 Å². The fraction of sp³-hybridized carbons (Fsp3) is 0. The van der Waals surface area contributed by atoms with Crippen LogP contribution in [0.2, 0.25) is 0 Å². The second-order valence-electron chi connectivity index (χ2n) is 3.79. The number of pyridine rings is 1. The van der Waals surface area contributed by atoms with Crippen LogP contribution in [0.3, 0.4) is 0 Å². The minimum Gasteiger partial charge on any atom is -0.398 e. The van der Waals surface area contributed by atoms with E-state index in [1.165, 1.54) is 0 Å². The first-order chi connectivity index (χ1) is 7.77. The normalized spacial score (nSPS) is 11.0. The lowest BCUT2D eigenvalue weighted by Crippen LogP contribution is -1.95. The highest BCUT2D eigenvalue weighted by atomic mass is 14.7. The van der Waals surface area contributed by atoms with Gasteiger partial charge in [0.05, 0.1) is 22.4 Å². The predicted molar refractivity (Wildman–Crippen MR) is 68.1 cm³/mol. The summed E-state index contributed by atoms with van der Waals surface area (Å²) in [5.74, 6) is 0. The Bertz CT molecular complexity index is 689. The fourth-order valence-electron chi connectivity index (χ4n) is 1.97. The number of para-hydroxylation sites is 2. The van der Waals surface area contributed by atoms with E-state index >= 15 is 0 Å². The smallest absolute Gasteiger partial charge is 0.0959 e. The molecule has 0 unspecified atom stereocenters. The minimum absolute atomic E-state index is 0.662. The average molecular weight is 209 g/mol. The van der Waals surface area contributed by atoms with Crippen LogP contribution in [0.5, 0.6) is 0 Å². The molecule has 0 aliphatic carbocycles. The third-order valence-corrected chi connectivity index (χ3v) is 2.78.